The lowest BCUT2D eigenvalue weighted by molar-refractivity contribution is 0.193. The zero-order valence-electron chi connectivity index (χ0n) is 19.7. The largest absolute Gasteiger partial charge is 0.413 e. The van der Waals surface area contributed by atoms with Gasteiger partial charge in [0.25, 0.3) is 0 Å². The summed E-state index contributed by atoms with van der Waals surface area (Å²) in [6, 6.07) is 6.08. The van der Waals surface area contributed by atoms with Gasteiger partial charge in [0.1, 0.15) is 11.5 Å². The predicted molar refractivity (Wildman–Crippen MR) is 140 cm³/mol. The number of nitrogens with one attached hydrogen (secondary N) is 2. The maximum Gasteiger partial charge on any atom is 0.301 e. The molecule has 34 heavy (non-hydrogen) atoms. The molecule has 1 saturated heterocycles. The van der Waals surface area contributed by atoms with Gasteiger partial charge in [-0.3, -0.25) is 4.72 Å². The van der Waals surface area contributed by atoms with E-state index in [1.165, 1.54) is 16.4 Å². The van der Waals surface area contributed by atoms with Crippen LogP contribution in [0.5, 0.6) is 0 Å². The third kappa shape index (κ3) is 6.06. The van der Waals surface area contributed by atoms with Crippen molar-refractivity contribution in [3.8, 4) is 0 Å². The van der Waals surface area contributed by atoms with Gasteiger partial charge >= 0.3 is 10.2 Å². The number of rotatable bonds is 7. The van der Waals surface area contributed by atoms with Crippen LogP contribution in [0, 0.1) is 21.0 Å². The molecular weight excluding hydrogens is 598 g/mol. The summed E-state index contributed by atoms with van der Waals surface area (Å²) in [5.74, 6) is -3.20. The first-order valence-corrected chi connectivity index (χ1v) is 16.2. The van der Waals surface area contributed by atoms with Crippen molar-refractivity contribution in [3.05, 3.63) is 51.4 Å². The minimum absolute atomic E-state index is 0.0193. The van der Waals surface area contributed by atoms with E-state index in [9.17, 15) is 21.6 Å². The number of halogens is 4. The van der Waals surface area contributed by atoms with E-state index in [1.54, 1.807) is 6.07 Å². The van der Waals surface area contributed by atoms with E-state index in [4.69, 9.17) is 4.43 Å². The molecule has 12 heteroatoms. The van der Waals surface area contributed by atoms with Crippen molar-refractivity contribution >= 4 is 58.2 Å². The van der Waals surface area contributed by atoms with Crippen LogP contribution in [0.15, 0.2) is 30.3 Å². The van der Waals surface area contributed by atoms with Gasteiger partial charge in [0, 0.05) is 16.7 Å². The monoisotopic (exact) mass is 627 g/mol. The summed E-state index contributed by atoms with van der Waals surface area (Å²) < 4.78 is 79.6. The van der Waals surface area contributed by atoms with Crippen molar-refractivity contribution in [2.75, 3.05) is 23.1 Å². The van der Waals surface area contributed by atoms with Crippen LogP contribution in [-0.4, -0.2) is 40.2 Å². The van der Waals surface area contributed by atoms with E-state index in [-0.39, 0.29) is 35.6 Å². The van der Waals surface area contributed by atoms with Crippen LogP contribution in [0.3, 0.4) is 0 Å². The standard InChI is InChI=1S/C22H29F3IN3O3SSi/c1-22(2,3)34(4,5)32-15-10-11-29(13-15)33(30,31)28-19-9-7-16(23)20(25)21(19)27-18-8-6-14(26)12-17(18)24/h6-9,12,15,27-28H,10-11,13H2,1-5H3. The van der Waals surface area contributed by atoms with Crippen molar-refractivity contribution in [2.24, 2.45) is 0 Å². The number of benzene rings is 2. The van der Waals surface area contributed by atoms with Gasteiger partial charge in [-0.05, 0) is 77.5 Å². The van der Waals surface area contributed by atoms with Crippen molar-refractivity contribution < 1.29 is 26.0 Å². The van der Waals surface area contributed by atoms with Crippen molar-refractivity contribution in [1.29, 1.82) is 0 Å². The Hall–Kier alpha value is -1.35. The number of hydrogen-bond donors (Lipinski definition) is 2. The van der Waals surface area contributed by atoms with Gasteiger partial charge in [-0.1, -0.05) is 20.8 Å². The number of anilines is 3. The Kier molecular flexibility index (Phi) is 7.97. The molecule has 0 aromatic heterocycles. The molecule has 188 valence electrons. The molecule has 0 saturated carbocycles. The summed E-state index contributed by atoms with van der Waals surface area (Å²) in [7, 11) is -6.19. The number of hydrogen-bond acceptors (Lipinski definition) is 4. The quantitative estimate of drug-likeness (QED) is 0.283. The summed E-state index contributed by atoms with van der Waals surface area (Å²) in [5.41, 5.74) is -0.850. The van der Waals surface area contributed by atoms with Gasteiger partial charge in [-0.2, -0.15) is 12.7 Å². The van der Waals surface area contributed by atoms with Crippen LogP contribution >= 0.6 is 22.6 Å². The molecule has 1 fully saturated rings. The van der Waals surface area contributed by atoms with Gasteiger partial charge < -0.3 is 9.74 Å². The predicted octanol–water partition coefficient (Wildman–Crippen LogP) is 6.20. The summed E-state index contributed by atoms with van der Waals surface area (Å²) in [6.45, 7) is 10.9. The Morgan fingerprint density at radius 2 is 1.74 bits per heavy atom. The highest BCUT2D eigenvalue weighted by molar-refractivity contribution is 14.1. The zero-order valence-corrected chi connectivity index (χ0v) is 23.7. The van der Waals surface area contributed by atoms with E-state index in [0.29, 0.717) is 9.99 Å². The molecule has 1 atom stereocenters. The van der Waals surface area contributed by atoms with Gasteiger partial charge in [0.2, 0.25) is 0 Å². The summed E-state index contributed by atoms with van der Waals surface area (Å²) >= 11 is 1.92. The average Bonchev–Trinajstić information content (AvgIpc) is 3.17. The molecule has 1 unspecified atom stereocenters. The minimum Gasteiger partial charge on any atom is -0.413 e. The second-order valence-corrected chi connectivity index (χ2v) is 17.5. The molecule has 1 aliphatic heterocycles. The first kappa shape index (κ1) is 27.2. The Bertz CT molecular complexity index is 1180. The molecule has 3 rings (SSSR count). The summed E-state index contributed by atoms with van der Waals surface area (Å²) in [5, 5.41) is 2.47. The molecule has 2 aromatic rings. The molecule has 1 aliphatic rings. The first-order chi connectivity index (χ1) is 15.6. The van der Waals surface area contributed by atoms with E-state index >= 15 is 0 Å². The van der Waals surface area contributed by atoms with Crippen LogP contribution < -0.4 is 10.0 Å². The van der Waals surface area contributed by atoms with Crippen LogP contribution in [0.4, 0.5) is 30.2 Å². The lowest BCUT2D eigenvalue weighted by Crippen LogP contribution is -2.45. The van der Waals surface area contributed by atoms with Crippen molar-refractivity contribution in [3.63, 3.8) is 0 Å². The highest BCUT2D eigenvalue weighted by Gasteiger charge is 2.42. The van der Waals surface area contributed by atoms with Crippen LogP contribution in [0.25, 0.3) is 0 Å². The lowest BCUT2D eigenvalue weighted by Gasteiger charge is -2.38. The van der Waals surface area contributed by atoms with Crippen LogP contribution in [-0.2, 0) is 14.6 Å². The maximum atomic E-state index is 14.6. The molecule has 0 amide bonds. The highest BCUT2D eigenvalue weighted by Crippen LogP contribution is 2.39. The van der Waals surface area contributed by atoms with Gasteiger partial charge in [-0.15, -0.1) is 0 Å². The third-order valence-electron chi connectivity index (χ3n) is 6.24. The molecule has 2 aromatic carbocycles. The number of nitrogens with zero attached hydrogens (tertiary/aromatic N) is 1. The first-order valence-electron chi connectivity index (χ1n) is 10.8. The molecule has 0 aliphatic carbocycles. The summed E-state index contributed by atoms with van der Waals surface area (Å²) in [4.78, 5) is 0. The fourth-order valence-corrected chi connectivity index (χ4v) is 6.41. The Morgan fingerprint density at radius 1 is 1.09 bits per heavy atom. The van der Waals surface area contributed by atoms with Crippen molar-refractivity contribution in [2.45, 2.75) is 51.4 Å². The lowest BCUT2D eigenvalue weighted by atomic mass is 10.2. The molecular formula is C22H29F3IN3O3SSi. The van der Waals surface area contributed by atoms with E-state index in [0.717, 1.165) is 12.1 Å². The van der Waals surface area contributed by atoms with Crippen LogP contribution in [0.1, 0.15) is 27.2 Å². The molecule has 2 N–H and O–H groups in total. The molecule has 1 heterocycles. The summed E-state index contributed by atoms with van der Waals surface area (Å²) in [6.07, 6.45) is 0.283. The second-order valence-electron chi connectivity index (χ2n) is 9.79. The molecule has 6 nitrogen and oxygen atoms in total. The average molecular weight is 628 g/mol. The van der Waals surface area contributed by atoms with Gasteiger partial charge in [0.15, 0.2) is 20.0 Å². The fourth-order valence-electron chi connectivity index (χ4n) is 3.29. The van der Waals surface area contributed by atoms with Crippen LogP contribution in [0.2, 0.25) is 18.1 Å². The molecule has 0 bridgehead atoms. The van der Waals surface area contributed by atoms with Crippen molar-refractivity contribution in [1.82, 2.24) is 4.31 Å². The topological polar surface area (TPSA) is 70.7 Å². The normalized spacial score (nSPS) is 17.7. The third-order valence-corrected chi connectivity index (χ3v) is 12.9. The zero-order chi connectivity index (χ0) is 25.5. The van der Waals surface area contributed by atoms with E-state index < -0.39 is 41.7 Å². The van der Waals surface area contributed by atoms with E-state index in [1.807, 2.05) is 22.6 Å². The molecule has 0 radical (unpaired) electrons. The Morgan fingerprint density at radius 3 is 2.35 bits per heavy atom. The SMILES string of the molecule is CC(C)(C)[Si](C)(C)OC1CCN(S(=O)(=O)Nc2ccc(F)c(F)c2Nc2ccc(I)cc2F)C1. The Balaban J connectivity index is 1.82. The molecule has 0 spiro atoms. The fraction of sp³-hybridized carbons (Fsp3) is 0.455. The maximum absolute atomic E-state index is 14.6. The van der Waals surface area contributed by atoms with E-state index in [2.05, 4.69) is 43.9 Å². The van der Waals surface area contributed by atoms with Gasteiger partial charge in [-0.25, -0.2) is 13.2 Å². The van der Waals surface area contributed by atoms with Gasteiger partial charge in [0.05, 0.1) is 17.5 Å². The highest BCUT2D eigenvalue weighted by atomic mass is 127. The minimum atomic E-state index is -4.10. The smallest absolute Gasteiger partial charge is 0.301 e. The second kappa shape index (κ2) is 9.95. The Labute approximate surface area is 213 Å².